The third-order valence-electron chi connectivity index (χ3n) is 7.34. The van der Waals surface area contributed by atoms with Gasteiger partial charge in [-0.15, -0.1) is 0 Å². The maximum atomic E-state index is 13.8. The summed E-state index contributed by atoms with van der Waals surface area (Å²) in [6.07, 6.45) is -0.0271. The molecule has 10 N–H and O–H groups in total. The summed E-state index contributed by atoms with van der Waals surface area (Å²) in [5.74, 6) is -3.54. The number of phenolic OH excluding ortho intramolecular Hbond substituents is 5. The molecule has 4 rings (SSSR count). The van der Waals surface area contributed by atoms with Gasteiger partial charge in [0.15, 0.2) is 23.0 Å². The Kier molecular flexibility index (Phi) is 11.0. The predicted molar refractivity (Wildman–Crippen MR) is 169 cm³/mol. The summed E-state index contributed by atoms with van der Waals surface area (Å²) in [5.41, 5.74) is 8.05. The van der Waals surface area contributed by atoms with Crippen LogP contribution in [0.4, 0.5) is 0 Å². The van der Waals surface area contributed by atoms with E-state index in [9.17, 15) is 39.9 Å². The topological polar surface area (TPSA) is 214 Å². The molecule has 0 unspecified atom stereocenters. The lowest BCUT2D eigenvalue weighted by atomic mass is 10.0. The molecule has 0 saturated heterocycles. The number of benzene rings is 4. The summed E-state index contributed by atoms with van der Waals surface area (Å²) in [7, 11) is 0. The van der Waals surface area contributed by atoms with E-state index < -0.39 is 41.6 Å². The molecule has 240 valence electrons. The van der Waals surface area contributed by atoms with Gasteiger partial charge in [-0.1, -0.05) is 54.6 Å². The molecule has 4 aromatic carbocycles. The normalized spacial score (nSPS) is 12.9. The summed E-state index contributed by atoms with van der Waals surface area (Å²) in [6, 6.07) is 20.2. The zero-order valence-corrected chi connectivity index (χ0v) is 24.8. The van der Waals surface area contributed by atoms with Crippen LogP contribution in [0.15, 0.2) is 91.0 Å². The van der Waals surface area contributed by atoms with E-state index in [1.165, 1.54) is 42.5 Å². The van der Waals surface area contributed by atoms with E-state index in [4.69, 9.17) is 5.73 Å². The monoisotopic (exact) mass is 628 g/mol. The lowest BCUT2D eigenvalue weighted by Gasteiger charge is -2.25. The highest BCUT2D eigenvalue weighted by atomic mass is 16.3. The van der Waals surface area contributed by atoms with E-state index in [0.29, 0.717) is 23.2 Å². The zero-order valence-electron chi connectivity index (χ0n) is 24.8. The van der Waals surface area contributed by atoms with Crippen LogP contribution in [0.5, 0.6) is 28.7 Å². The minimum Gasteiger partial charge on any atom is -0.508 e. The van der Waals surface area contributed by atoms with Gasteiger partial charge in [-0.3, -0.25) is 14.4 Å². The van der Waals surface area contributed by atoms with Gasteiger partial charge in [-0.2, -0.15) is 0 Å². The molecule has 0 aromatic heterocycles. The number of rotatable bonds is 14. The lowest BCUT2D eigenvalue weighted by molar-refractivity contribution is -0.132. The third-order valence-corrected chi connectivity index (χ3v) is 7.34. The Balaban J connectivity index is 1.59. The molecule has 0 heterocycles. The molecule has 0 radical (unpaired) electrons. The van der Waals surface area contributed by atoms with Gasteiger partial charge in [-0.25, -0.2) is 0 Å². The highest BCUT2D eigenvalue weighted by molar-refractivity contribution is 5.93. The van der Waals surface area contributed by atoms with E-state index in [2.05, 4.69) is 16.0 Å². The van der Waals surface area contributed by atoms with Crippen LogP contribution in [-0.2, 0) is 40.2 Å². The van der Waals surface area contributed by atoms with Crippen molar-refractivity contribution in [3.05, 3.63) is 113 Å². The molecular weight excluding hydrogens is 592 g/mol. The molecule has 46 heavy (non-hydrogen) atoms. The number of hydrogen-bond acceptors (Lipinski definition) is 9. The molecule has 0 aliphatic heterocycles. The van der Waals surface area contributed by atoms with E-state index in [1.54, 1.807) is 18.2 Å². The molecule has 0 aliphatic carbocycles. The molecule has 3 atom stereocenters. The van der Waals surface area contributed by atoms with E-state index in [1.807, 2.05) is 30.3 Å². The smallest absolute Gasteiger partial charge is 0.243 e. The quantitative estimate of drug-likeness (QED) is 0.0931. The van der Waals surface area contributed by atoms with Crippen molar-refractivity contribution in [3.63, 3.8) is 0 Å². The number of nitrogens with two attached hydrogens (primary N) is 1. The molecule has 0 fully saturated rings. The standard InChI is InChI=1S/C34H36N4O8/c35-32(44)25(14-20-6-10-24(39)11-7-20)37-34(46)27(16-23-9-13-29(41)31(43)18-23)38-33(45)26(36-19-21-4-2-1-3-5-21)15-22-8-12-28(40)30(42)17-22/h1-13,17-18,25-27,36,39-43H,14-16,19H2,(H2,35,44)(H,37,46)(H,38,45)/t25-,26-,27-/m0/s1. The number of primary amides is 1. The number of hydrogen-bond donors (Lipinski definition) is 9. The van der Waals surface area contributed by atoms with Gasteiger partial charge in [0, 0.05) is 19.4 Å². The molecule has 0 spiro atoms. The first kappa shape index (κ1) is 33.1. The van der Waals surface area contributed by atoms with Gasteiger partial charge in [0.2, 0.25) is 17.7 Å². The Bertz CT molecular complexity index is 1660. The number of nitrogens with one attached hydrogen (secondary N) is 3. The third kappa shape index (κ3) is 9.37. The molecule has 0 aliphatic rings. The maximum absolute atomic E-state index is 13.8. The number of amides is 3. The average molecular weight is 629 g/mol. The van der Waals surface area contributed by atoms with Crippen LogP contribution in [-0.4, -0.2) is 61.4 Å². The van der Waals surface area contributed by atoms with E-state index in [0.717, 1.165) is 5.56 Å². The maximum Gasteiger partial charge on any atom is 0.243 e. The van der Waals surface area contributed by atoms with Crippen LogP contribution in [0.2, 0.25) is 0 Å². The van der Waals surface area contributed by atoms with Gasteiger partial charge in [-0.05, 0) is 65.1 Å². The van der Waals surface area contributed by atoms with Crippen molar-refractivity contribution < 1.29 is 39.9 Å². The molecule has 12 heteroatoms. The largest absolute Gasteiger partial charge is 0.508 e. The van der Waals surface area contributed by atoms with Crippen molar-refractivity contribution in [1.82, 2.24) is 16.0 Å². The minimum absolute atomic E-state index is 0.0214. The van der Waals surface area contributed by atoms with Crippen molar-refractivity contribution in [2.24, 2.45) is 5.73 Å². The van der Waals surface area contributed by atoms with Crippen LogP contribution >= 0.6 is 0 Å². The van der Waals surface area contributed by atoms with Crippen molar-refractivity contribution in [2.45, 2.75) is 43.9 Å². The highest BCUT2D eigenvalue weighted by Crippen LogP contribution is 2.27. The lowest BCUT2D eigenvalue weighted by Crippen LogP contribution is -2.57. The fraction of sp³-hybridized carbons (Fsp3) is 0.206. The van der Waals surface area contributed by atoms with Crippen LogP contribution in [0.3, 0.4) is 0 Å². The van der Waals surface area contributed by atoms with E-state index >= 15 is 0 Å². The first-order valence-electron chi connectivity index (χ1n) is 14.5. The second-order valence-corrected chi connectivity index (χ2v) is 10.9. The van der Waals surface area contributed by atoms with Crippen LogP contribution < -0.4 is 21.7 Å². The van der Waals surface area contributed by atoms with Gasteiger partial charge in [0.05, 0.1) is 6.04 Å². The number of carbonyl (C=O) groups excluding carboxylic acids is 3. The van der Waals surface area contributed by atoms with Crippen molar-refractivity contribution in [2.75, 3.05) is 0 Å². The number of phenols is 5. The fourth-order valence-corrected chi connectivity index (χ4v) is 4.80. The summed E-state index contributed by atoms with van der Waals surface area (Å²) in [5, 5.41) is 57.7. The molecule has 12 nitrogen and oxygen atoms in total. The Labute approximate surface area is 265 Å². The summed E-state index contributed by atoms with van der Waals surface area (Å²) in [6.45, 7) is 0.294. The second kappa shape index (κ2) is 15.3. The van der Waals surface area contributed by atoms with Crippen LogP contribution in [0.25, 0.3) is 0 Å². The second-order valence-electron chi connectivity index (χ2n) is 10.9. The molecular formula is C34H36N4O8. The van der Waals surface area contributed by atoms with Gasteiger partial charge < -0.3 is 47.2 Å². The summed E-state index contributed by atoms with van der Waals surface area (Å²) >= 11 is 0. The van der Waals surface area contributed by atoms with Gasteiger partial charge >= 0.3 is 0 Å². The average Bonchev–Trinajstić information content (AvgIpc) is 3.03. The first-order chi connectivity index (χ1) is 22.0. The fourth-order valence-electron chi connectivity index (χ4n) is 4.80. The molecule has 0 bridgehead atoms. The minimum atomic E-state index is -1.26. The molecule has 4 aromatic rings. The highest BCUT2D eigenvalue weighted by Gasteiger charge is 2.29. The van der Waals surface area contributed by atoms with Gasteiger partial charge in [0.25, 0.3) is 0 Å². The van der Waals surface area contributed by atoms with Crippen LogP contribution in [0, 0.1) is 0 Å². The summed E-state index contributed by atoms with van der Waals surface area (Å²) in [4.78, 5) is 39.8. The van der Waals surface area contributed by atoms with Crippen molar-refractivity contribution in [1.29, 1.82) is 0 Å². The molecule has 0 saturated carbocycles. The Morgan fingerprint density at radius 2 is 1.02 bits per heavy atom. The van der Waals surface area contributed by atoms with Crippen LogP contribution in [0.1, 0.15) is 22.3 Å². The van der Waals surface area contributed by atoms with Crippen molar-refractivity contribution >= 4 is 17.7 Å². The SMILES string of the molecule is NC(=O)[C@H](Cc1ccc(O)cc1)NC(=O)[C@H](Cc1ccc(O)c(O)c1)NC(=O)[C@H](Cc1ccc(O)c(O)c1)NCc1ccccc1. The first-order valence-corrected chi connectivity index (χ1v) is 14.5. The number of aromatic hydroxyl groups is 5. The Morgan fingerprint density at radius 3 is 1.57 bits per heavy atom. The molecule has 3 amide bonds. The van der Waals surface area contributed by atoms with Crippen molar-refractivity contribution in [3.8, 4) is 28.7 Å². The van der Waals surface area contributed by atoms with Gasteiger partial charge in [0.1, 0.15) is 17.8 Å². The number of carbonyl (C=O) groups is 3. The Hall–Kier alpha value is -5.75. The predicted octanol–water partition coefficient (Wildman–Crippen LogP) is 1.86. The Morgan fingerprint density at radius 1 is 0.543 bits per heavy atom. The van der Waals surface area contributed by atoms with E-state index in [-0.39, 0.29) is 42.3 Å². The zero-order chi connectivity index (χ0) is 33.2. The summed E-state index contributed by atoms with van der Waals surface area (Å²) < 4.78 is 0.